The molecule has 1 aliphatic heterocycles. The van der Waals surface area contributed by atoms with Crippen molar-refractivity contribution in [3.63, 3.8) is 0 Å². The molecule has 0 amide bonds. The van der Waals surface area contributed by atoms with Crippen molar-refractivity contribution >= 4 is 49.0 Å². The highest BCUT2D eigenvalue weighted by atomic mass is 16.4. The van der Waals surface area contributed by atoms with Crippen molar-refractivity contribution in [3.05, 3.63) is 0 Å². The van der Waals surface area contributed by atoms with E-state index in [1.165, 1.54) is 0 Å². The van der Waals surface area contributed by atoms with Crippen LogP contribution in [0.25, 0.3) is 0 Å². The van der Waals surface area contributed by atoms with Gasteiger partial charge in [0, 0.05) is 78.0 Å². The summed E-state index contributed by atoms with van der Waals surface area (Å²) < 4.78 is 0. The molecule has 1 rings (SSSR count). The van der Waals surface area contributed by atoms with Crippen molar-refractivity contribution in [2.24, 2.45) is 0 Å². The minimum Gasteiger partial charge on any atom is -0.480 e. The van der Waals surface area contributed by atoms with Crippen molar-refractivity contribution in [1.82, 2.24) is 19.6 Å². The van der Waals surface area contributed by atoms with Gasteiger partial charge < -0.3 is 39.6 Å². The molecule has 0 bridgehead atoms. The Hall–Kier alpha value is -3.60. The van der Waals surface area contributed by atoms with Crippen molar-refractivity contribution in [2.75, 3.05) is 52.4 Å². The number of aliphatic carboxylic acids is 4. The number of hydrogen-bond acceptors (Lipinski definition) is 12. The van der Waals surface area contributed by atoms with Gasteiger partial charge in [0.2, 0.25) is 0 Å². The van der Waals surface area contributed by atoms with E-state index in [4.69, 9.17) is 0 Å². The van der Waals surface area contributed by atoms with Crippen molar-refractivity contribution in [2.45, 2.75) is 75.5 Å². The summed E-state index contributed by atoms with van der Waals surface area (Å²) in [5, 5.41) is 39.9. The van der Waals surface area contributed by atoms with Crippen LogP contribution < -0.4 is 0 Å². The molecule has 0 spiro atoms. The molecule has 248 valence electrons. The third kappa shape index (κ3) is 13.0. The van der Waals surface area contributed by atoms with Gasteiger partial charge in [0.25, 0.3) is 0 Å². The second kappa shape index (κ2) is 21.2. The number of carboxylic acid groups (broad SMARTS) is 4. The SMILES string of the molecule is O=CCCC(C(=O)O)N1CCN(C(CCC=O)C(=O)O)CCN(C(CCC=O)C(=O)O)CCN(C(CCC=O)C(=O)O)CC1. The predicted octanol–water partition coefficient (Wildman–Crippen LogP) is -1.06. The number of aldehydes is 4. The second-order valence-corrected chi connectivity index (χ2v) is 10.5. The number of carboxylic acids is 4. The quantitative estimate of drug-likeness (QED) is 0.118. The van der Waals surface area contributed by atoms with Gasteiger partial charge in [0.1, 0.15) is 49.3 Å². The maximum atomic E-state index is 12.2. The Morgan fingerprint density at radius 1 is 0.409 bits per heavy atom. The number of nitrogens with zero attached hydrogens (tertiary/aromatic N) is 4. The molecule has 0 aromatic rings. The van der Waals surface area contributed by atoms with Gasteiger partial charge in [0.05, 0.1) is 0 Å². The summed E-state index contributed by atoms with van der Waals surface area (Å²) in [6.07, 6.45) is 1.98. The fraction of sp³-hybridized carbons (Fsp3) is 0.714. The van der Waals surface area contributed by atoms with Crippen LogP contribution in [0.5, 0.6) is 0 Å². The molecule has 0 aliphatic carbocycles. The van der Waals surface area contributed by atoms with Crippen molar-refractivity contribution < 1.29 is 58.8 Å². The molecule has 4 N–H and O–H groups in total. The molecular weight excluding hydrogens is 584 g/mol. The van der Waals surface area contributed by atoms with Crippen molar-refractivity contribution in [1.29, 1.82) is 0 Å². The Morgan fingerprint density at radius 2 is 0.568 bits per heavy atom. The molecular formula is C28H44N4O12. The van der Waals surface area contributed by atoms with E-state index < -0.39 is 48.0 Å². The highest BCUT2D eigenvalue weighted by molar-refractivity contribution is 5.75. The molecule has 4 unspecified atom stereocenters. The first kappa shape index (κ1) is 38.4. The van der Waals surface area contributed by atoms with Gasteiger partial charge in [-0.25, -0.2) is 0 Å². The third-order valence-corrected chi connectivity index (χ3v) is 7.83. The molecule has 1 heterocycles. The van der Waals surface area contributed by atoms with Crippen LogP contribution in [0.3, 0.4) is 0 Å². The standard InChI is InChI=1S/C28H44N4O12/c33-17-1-5-21(25(37)38)29-9-11-30(22(26(39)40)6-2-18-34)13-15-32(24(28(43)44)8-4-20-36)16-14-31(12-10-29)23(27(41)42)7-3-19-35/h17-24H,1-16H2,(H,37,38)(H,39,40)(H,41,42)(H,43,44). The van der Waals surface area contributed by atoms with Crippen LogP contribution in [0.1, 0.15) is 51.4 Å². The van der Waals surface area contributed by atoms with E-state index in [9.17, 15) is 58.8 Å². The Morgan fingerprint density at radius 3 is 0.682 bits per heavy atom. The molecule has 0 aromatic heterocycles. The van der Waals surface area contributed by atoms with E-state index in [1.54, 1.807) is 19.6 Å². The van der Waals surface area contributed by atoms with E-state index in [1.807, 2.05) is 0 Å². The molecule has 16 heteroatoms. The van der Waals surface area contributed by atoms with E-state index in [-0.39, 0.29) is 104 Å². The zero-order chi connectivity index (χ0) is 33.1. The average molecular weight is 629 g/mol. The van der Waals surface area contributed by atoms with Gasteiger partial charge in [0.15, 0.2) is 0 Å². The Labute approximate surface area is 255 Å². The van der Waals surface area contributed by atoms with Crippen LogP contribution in [0.4, 0.5) is 0 Å². The summed E-state index contributed by atoms with van der Waals surface area (Å²) >= 11 is 0. The Bertz CT molecular complexity index is 812. The summed E-state index contributed by atoms with van der Waals surface area (Å²) in [5.74, 6) is -4.85. The summed E-state index contributed by atoms with van der Waals surface area (Å²) in [6.45, 7) is 0.0644. The smallest absolute Gasteiger partial charge is 0.320 e. The van der Waals surface area contributed by atoms with Crippen LogP contribution in [0.2, 0.25) is 0 Å². The molecule has 1 saturated heterocycles. The normalized spacial score (nSPS) is 19.3. The third-order valence-electron chi connectivity index (χ3n) is 7.83. The molecule has 16 nitrogen and oxygen atoms in total. The molecule has 0 aromatic carbocycles. The summed E-state index contributed by atoms with van der Waals surface area (Å²) in [4.78, 5) is 99.4. The lowest BCUT2D eigenvalue weighted by atomic mass is 10.1. The highest BCUT2D eigenvalue weighted by Crippen LogP contribution is 2.17. The maximum Gasteiger partial charge on any atom is 0.320 e. The number of rotatable bonds is 20. The first-order valence-electron chi connectivity index (χ1n) is 14.6. The lowest BCUT2D eigenvalue weighted by Crippen LogP contribution is -2.56. The maximum absolute atomic E-state index is 12.2. The Balaban J connectivity index is 3.61. The molecule has 0 saturated carbocycles. The zero-order valence-electron chi connectivity index (χ0n) is 24.8. The van der Waals surface area contributed by atoms with Gasteiger partial charge in [-0.2, -0.15) is 0 Å². The van der Waals surface area contributed by atoms with E-state index in [0.29, 0.717) is 25.1 Å². The van der Waals surface area contributed by atoms with Gasteiger partial charge in [-0.05, 0) is 25.7 Å². The number of hydrogen-bond donors (Lipinski definition) is 4. The van der Waals surface area contributed by atoms with Crippen LogP contribution in [0.15, 0.2) is 0 Å². The van der Waals surface area contributed by atoms with Crippen LogP contribution in [-0.2, 0) is 38.4 Å². The average Bonchev–Trinajstić information content (AvgIpc) is 2.96. The van der Waals surface area contributed by atoms with E-state index >= 15 is 0 Å². The van der Waals surface area contributed by atoms with E-state index in [0.717, 1.165) is 0 Å². The summed E-state index contributed by atoms with van der Waals surface area (Å²) in [5.41, 5.74) is 0. The fourth-order valence-electron chi connectivity index (χ4n) is 5.47. The van der Waals surface area contributed by atoms with Gasteiger partial charge in [-0.1, -0.05) is 0 Å². The van der Waals surface area contributed by atoms with Crippen molar-refractivity contribution in [3.8, 4) is 0 Å². The largest absolute Gasteiger partial charge is 0.480 e. The molecule has 4 atom stereocenters. The Kier molecular flexibility index (Phi) is 18.5. The highest BCUT2D eigenvalue weighted by Gasteiger charge is 2.34. The van der Waals surface area contributed by atoms with Crippen LogP contribution >= 0.6 is 0 Å². The van der Waals surface area contributed by atoms with Gasteiger partial charge in [-0.3, -0.25) is 38.8 Å². The molecule has 0 radical (unpaired) electrons. The minimum absolute atomic E-state index is 0.00805. The zero-order valence-corrected chi connectivity index (χ0v) is 24.8. The monoisotopic (exact) mass is 628 g/mol. The fourth-order valence-corrected chi connectivity index (χ4v) is 5.47. The lowest BCUT2D eigenvalue weighted by Gasteiger charge is -2.39. The number of carbonyl (C=O) groups is 8. The van der Waals surface area contributed by atoms with Gasteiger partial charge >= 0.3 is 23.9 Å². The van der Waals surface area contributed by atoms with E-state index in [2.05, 4.69) is 0 Å². The summed E-state index contributed by atoms with van der Waals surface area (Å²) in [6, 6.07) is -4.56. The summed E-state index contributed by atoms with van der Waals surface area (Å²) in [7, 11) is 0. The second-order valence-electron chi connectivity index (χ2n) is 10.5. The van der Waals surface area contributed by atoms with Crippen LogP contribution in [0, 0.1) is 0 Å². The topological polar surface area (TPSA) is 230 Å². The first-order chi connectivity index (χ1) is 21.0. The van der Waals surface area contributed by atoms with Crippen LogP contribution in [-0.4, -0.2) is 166 Å². The van der Waals surface area contributed by atoms with Gasteiger partial charge in [-0.15, -0.1) is 0 Å². The molecule has 1 fully saturated rings. The molecule has 44 heavy (non-hydrogen) atoms. The molecule has 1 aliphatic rings. The lowest BCUT2D eigenvalue weighted by molar-refractivity contribution is -0.148. The number of carbonyl (C=O) groups excluding carboxylic acids is 4. The first-order valence-corrected chi connectivity index (χ1v) is 14.6. The minimum atomic E-state index is -1.21. The predicted molar refractivity (Wildman–Crippen MR) is 153 cm³/mol.